The van der Waals surface area contributed by atoms with E-state index < -0.39 is 0 Å². The number of aliphatic hydroxyl groups is 1. The number of hydrogen-bond acceptors (Lipinski definition) is 2. The van der Waals surface area contributed by atoms with Crippen LogP contribution in [0.25, 0.3) is 0 Å². The summed E-state index contributed by atoms with van der Waals surface area (Å²) in [5.41, 5.74) is 2.40. The largest absolute Gasteiger partial charge is 0.387 e. The first-order valence-corrected chi connectivity index (χ1v) is 5.36. The smallest absolute Gasteiger partial charge is 0.0875 e. The fourth-order valence-corrected chi connectivity index (χ4v) is 1.84. The molecular weight excluding hydrogens is 186 g/mol. The van der Waals surface area contributed by atoms with E-state index in [0.29, 0.717) is 0 Å². The predicted molar refractivity (Wildman–Crippen MR) is 61.5 cm³/mol. The van der Waals surface area contributed by atoms with Crippen LogP contribution in [0.4, 0.5) is 0 Å². The van der Waals surface area contributed by atoms with Crippen molar-refractivity contribution in [3.63, 3.8) is 0 Å². The van der Waals surface area contributed by atoms with Crippen molar-refractivity contribution in [2.24, 2.45) is 0 Å². The van der Waals surface area contributed by atoms with Crippen LogP contribution in [0, 0.1) is 0 Å². The van der Waals surface area contributed by atoms with Crippen LogP contribution in [-0.2, 0) is 6.54 Å². The molecule has 1 aromatic rings. The van der Waals surface area contributed by atoms with Crippen LogP contribution in [0.3, 0.4) is 0 Å². The van der Waals surface area contributed by atoms with Crippen LogP contribution in [-0.4, -0.2) is 29.2 Å². The lowest BCUT2D eigenvalue weighted by Gasteiger charge is -2.28. The summed E-state index contributed by atoms with van der Waals surface area (Å²) < 4.78 is 0. The zero-order chi connectivity index (χ0) is 10.7. The fraction of sp³-hybridized carbons (Fsp3) is 0.385. The second-order valence-electron chi connectivity index (χ2n) is 4.14. The Bertz CT molecular complexity index is 345. The van der Waals surface area contributed by atoms with Crippen molar-refractivity contribution < 1.29 is 5.11 Å². The first-order valence-electron chi connectivity index (χ1n) is 5.36. The second-order valence-corrected chi connectivity index (χ2v) is 4.14. The number of hydrogen-bond donors (Lipinski definition) is 1. The van der Waals surface area contributed by atoms with Gasteiger partial charge in [0, 0.05) is 19.6 Å². The molecule has 1 aliphatic rings. The molecule has 0 radical (unpaired) electrons. The molecule has 1 aromatic carbocycles. The van der Waals surface area contributed by atoms with E-state index in [-0.39, 0.29) is 6.10 Å². The highest BCUT2D eigenvalue weighted by molar-refractivity contribution is 5.16. The van der Waals surface area contributed by atoms with Crippen molar-refractivity contribution >= 4 is 0 Å². The van der Waals surface area contributed by atoms with Crippen LogP contribution in [0.1, 0.15) is 12.5 Å². The third kappa shape index (κ3) is 2.67. The first-order chi connectivity index (χ1) is 7.25. The zero-order valence-electron chi connectivity index (χ0n) is 9.06. The van der Waals surface area contributed by atoms with Gasteiger partial charge in [-0.2, -0.15) is 0 Å². The maximum atomic E-state index is 9.72. The summed E-state index contributed by atoms with van der Waals surface area (Å²) in [5, 5.41) is 9.72. The van der Waals surface area contributed by atoms with Gasteiger partial charge in [0.2, 0.25) is 0 Å². The van der Waals surface area contributed by atoms with Gasteiger partial charge in [0.25, 0.3) is 0 Å². The van der Waals surface area contributed by atoms with E-state index >= 15 is 0 Å². The molecule has 2 nitrogen and oxygen atoms in total. The molecule has 2 heteroatoms. The fourth-order valence-electron chi connectivity index (χ4n) is 1.84. The number of aliphatic hydroxyl groups excluding tert-OH is 1. The molecule has 2 rings (SSSR count). The van der Waals surface area contributed by atoms with Gasteiger partial charge in [-0.15, -0.1) is 0 Å². The van der Waals surface area contributed by atoms with Crippen molar-refractivity contribution in [2.45, 2.75) is 19.6 Å². The molecule has 0 bridgehead atoms. The summed E-state index contributed by atoms with van der Waals surface area (Å²) in [6, 6.07) is 10.4. The highest BCUT2D eigenvalue weighted by Gasteiger charge is 2.17. The summed E-state index contributed by atoms with van der Waals surface area (Å²) in [5.74, 6) is 0. The Labute approximate surface area is 90.8 Å². The quantitative estimate of drug-likeness (QED) is 0.741. The van der Waals surface area contributed by atoms with Gasteiger partial charge in [-0.3, -0.25) is 4.90 Å². The molecule has 0 amide bonds. The molecule has 0 aliphatic carbocycles. The van der Waals surface area contributed by atoms with E-state index in [1.165, 1.54) is 5.56 Å². The maximum Gasteiger partial charge on any atom is 0.0875 e. The van der Waals surface area contributed by atoms with Gasteiger partial charge in [0.15, 0.2) is 0 Å². The molecule has 0 saturated heterocycles. The third-order valence-corrected chi connectivity index (χ3v) is 2.88. The van der Waals surface area contributed by atoms with E-state index in [0.717, 1.165) is 25.2 Å². The molecule has 80 valence electrons. The van der Waals surface area contributed by atoms with Crippen molar-refractivity contribution in [2.75, 3.05) is 13.1 Å². The van der Waals surface area contributed by atoms with Gasteiger partial charge >= 0.3 is 0 Å². The highest BCUT2D eigenvalue weighted by Crippen LogP contribution is 2.13. The van der Waals surface area contributed by atoms with Crippen molar-refractivity contribution in [1.82, 2.24) is 4.90 Å². The van der Waals surface area contributed by atoms with Crippen LogP contribution in [0.15, 0.2) is 42.0 Å². The normalized spacial score (nSPS) is 22.5. The summed E-state index contributed by atoms with van der Waals surface area (Å²) in [7, 11) is 0. The third-order valence-electron chi connectivity index (χ3n) is 2.88. The molecule has 1 atom stereocenters. The van der Waals surface area contributed by atoms with Crippen LogP contribution in [0.5, 0.6) is 0 Å². The molecule has 0 saturated carbocycles. The molecule has 0 spiro atoms. The molecule has 1 unspecified atom stereocenters. The Morgan fingerprint density at radius 2 is 2.07 bits per heavy atom. The van der Waals surface area contributed by atoms with Gasteiger partial charge in [-0.05, 0) is 18.1 Å². The second kappa shape index (κ2) is 4.60. The van der Waals surface area contributed by atoms with E-state index in [9.17, 15) is 5.11 Å². The average Bonchev–Trinajstić information content (AvgIpc) is 2.25. The summed E-state index contributed by atoms with van der Waals surface area (Å²) >= 11 is 0. The van der Waals surface area contributed by atoms with Gasteiger partial charge < -0.3 is 5.11 Å². The minimum absolute atomic E-state index is 0.289. The van der Waals surface area contributed by atoms with E-state index in [2.05, 4.69) is 35.2 Å². The Morgan fingerprint density at radius 3 is 2.73 bits per heavy atom. The molecular formula is C13H17NO. The molecule has 0 aromatic heterocycles. The Morgan fingerprint density at radius 1 is 1.33 bits per heavy atom. The van der Waals surface area contributed by atoms with E-state index in [4.69, 9.17) is 0 Å². The standard InChI is InChI=1S/C13H17NO/c1-11-7-8-14(10-13(11)15)9-12-5-3-2-4-6-12/h2-7,13,15H,8-10H2,1H3. The molecule has 1 N–H and O–H groups in total. The van der Waals surface area contributed by atoms with E-state index in [1.54, 1.807) is 0 Å². The van der Waals surface area contributed by atoms with Crippen molar-refractivity contribution in [3.8, 4) is 0 Å². The number of benzene rings is 1. The van der Waals surface area contributed by atoms with Gasteiger partial charge in [0.05, 0.1) is 6.10 Å². The summed E-state index contributed by atoms with van der Waals surface area (Å²) in [6.07, 6.45) is 1.82. The first kappa shape index (κ1) is 10.4. The van der Waals surface area contributed by atoms with Crippen LogP contribution >= 0.6 is 0 Å². The predicted octanol–water partition coefficient (Wildman–Crippen LogP) is 1.81. The van der Waals surface area contributed by atoms with Crippen molar-refractivity contribution in [1.29, 1.82) is 0 Å². The minimum Gasteiger partial charge on any atom is -0.387 e. The molecule has 1 aliphatic heterocycles. The summed E-state index contributed by atoms with van der Waals surface area (Å²) in [6.45, 7) is 4.60. The van der Waals surface area contributed by atoms with Gasteiger partial charge in [0.1, 0.15) is 0 Å². The topological polar surface area (TPSA) is 23.5 Å². The lowest BCUT2D eigenvalue weighted by atomic mass is 10.1. The monoisotopic (exact) mass is 203 g/mol. The number of β-amino-alcohol motifs (C(OH)–C–C–N with tert-alkyl or cyclic N) is 1. The SMILES string of the molecule is CC1=CCN(Cc2ccccc2)CC1O. The van der Waals surface area contributed by atoms with Crippen LogP contribution in [0.2, 0.25) is 0 Å². The highest BCUT2D eigenvalue weighted by atomic mass is 16.3. The average molecular weight is 203 g/mol. The van der Waals surface area contributed by atoms with E-state index in [1.807, 2.05) is 13.0 Å². The molecule has 1 heterocycles. The Balaban J connectivity index is 1.98. The van der Waals surface area contributed by atoms with Gasteiger partial charge in [-0.1, -0.05) is 36.4 Å². The Hall–Kier alpha value is -1.12. The minimum atomic E-state index is -0.289. The summed E-state index contributed by atoms with van der Waals surface area (Å²) in [4.78, 5) is 2.26. The lowest BCUT2D eigenvalue weighted by Crippen LogP contribution is -2.36. The Kier molecular flexibility index (Phi) is 3.19. The van der Waals surface area contributed by atoms with Crippen LogP contribution < -0.4 is 0 Å². The molecule has 15 heavy (non-hydrogen) atoms. The molecule has 0 fully saturated rings. The number of nitrogens with zero attached hydrogens (tertiary/aromatic N) is 1. The maximum absolute atomic E-state index is 9.72. The van der Waals surface area contributed by atoms with Gasteiger partial charge in [-0.25, -0.2) is 0 Å². The van der Waals surface area contributed by atoms with Crippen molar-refractivity contribution in [3.05, 3.63) is 47.5 Å². The number of rotatable bonds is 2. The zero-order valence-corrected chi connectivity index (χ0v) is 9.06. The lowest BCUT2D eigenvalue weighted by molar-refractivity contribution is 0.130.